The highest BCUT2D eigenvalue weighted by Crippen LogP contribution is 2.40. The summed E-state index contributed by atoms with van der Waals surface area (Å²) >= 11 is 1.47. The molecule has 0 spiro atoms. The Kier molecular flexibility index (Phi) is 6.80. The largest absolute Gasteiger partial charge is 0.294 e. The molecular formula is C28H23NO5S3. The third-order valence-corrected chi connectivity index (χ3v) is 11.9. The molecule has 4 aromatic carbocycles. The minimum absolute atomic E-state index is 0.0441. The Morgan fingerprint density at radius 3 is 1.84 bits per heavy atom. The van der Waals surface area contributed by atoms with Gasteiger partial charge in [-0.1, -0.05) is 82.2 Å². The summed E-state index contributed by atoms with van der Waals surface area (Å²) in [5.74, 6) is -0.0441. The van der Waals surface area contributed by atoms with E-state index in [0.29, 0.717) is 14.8 Å². The second kappa shape index (κ2) is 9.90. The molecule has 1 aliphatic rings. The van der Waals surface area contributed by atoms with Crippen molar-refractivity contribution in [3.63, 3.8) is 0 Å². The molecule has 4 aromatic rings. The fourth-order valence-electron chi connectivity index (χ4n) is 4.33. The van der Waals surface area contributed by atoms with E-state index in [1.54, 1.807) is 61.5 Å². The summed E-state index contributed by atoms with van der Waals surface area (Å²) in [6.07, 6.45) is 0.136. The maximum Gasteiger partial charge on any atom is 0.256 e. The molecule has 0 radical (unpaired) electrons. The normalized spacial score (nSPS) is 14.5. The molecule has 0 N–H and O–H groups in total. The van der Waals surface area contributed by atoms with E-state index in [4.69, 9.17) is 0 Å². The Balaban J connectivity index is 1.62. The minimum Gasteiger partial charge on any atom is -0.294 e. The molecule has 188 valence electrons. The van der Waals surface area contributed by atoms with Crippen LogP contribution in [0.4, 0.5) is 0 Å². The molecule has 1 atom stereocenters. The number of benzene rings is 4. The second-order valence-electron chi connectivity index (χ2n) is 8.60. The van der Waals surface area contributed by atoms with Gasteiger partial charge in [-0.05, 0) is 54.4 Å². The molecule has 0 saturated heterocycles. The van der Waals surface area contributed by atoms with E-state index in [0.717, 1.165) is 15.4 Å². The standard InChI is InChI=1S/C28H23NO5S3/c1-20(21-16-17-27-22(18-21)19-26(30)25-14-8-9-15-28(25)35-27)29(36(31,32)23-10-4-2-5-11-23)37(33,34)24-12-6-3-7-13-24/h2-18,20H,19H2,1H3/t20-/m1/s1. The number of rotatable bonds is 6. The summed E-state index contributed by atoms with van der Waals surface area (Å²) in [5, 5.41) is 0. The van der Waals surface area contributed by atoms with Crippen molar-refractivity contribution in [3.05, 3.63) is 120 Å². The van der Waals surface area contributed by atoms with Crippen molar-refractivity contribution in [2.24, 2.45) is 0 Å². The van der Waals surface area contributed by atoms with Crippen LogP contribution >= 0.6 is 11.8 Å². The number of fused-ring (bicyclic) bond motifs is 2. The highest BCUT2D eigenvalue weighted by molar-refractivity contribution is 8.04. The lowest BCUT2D eigenvalue weighted by molar-refractivity contribution is 0.0990. The summed E-state index contributed by atoms with van der Waals surface area (Å²) in [6.45, 7) is 1.54. The van der Waals surface area contributed by atoms with Gasteiger partial charge in [0.25, 0.3) is 20.0 Å². The molecule has 0 aliphatic carbocycles. The Morgan fingerprint density at radius 1 is 0.703 bits per heavy atom. The van der Waals surface area contributed by atoms with Gasteiger partial charge in [0, 0.05) is 21.8 Å². The Bertz CT molecular complexity index is 1620. The van der Waals surface area contributed by atoms with Crippen LogP contribution in [-0.4, -0.2) is 26.3 Å². The van der Waals surface area contributed by atoms with Gasteiger partial charge in [0.1, 0.15) is 0 Å². The molecule has 1 aliphatic heterocycles. The average molecular weight is 550 g/mol. The van der Waals surface area contributed by atoms with Gasteiger partial charge in [0.15, 0.2) is 5.78 Å². The monoisotopic (exact) mass is 549 g/mol. The molecule has 1 heterocycles. The predicted molar refractivity (Wildman–Crippen MR) is 143 cm³/mol. The van der Waals surface area contributed by atoms with Gasteiger partial charge in [-0.25, -0.2) is 16.8 Å². The van der Waals surface area contributed by atoms with Crippen molar-refractivity contribution in [3.8, 4) is 0 Å². The van der Waals surface area contributed by atoms with E-state index in [1.807, 2.05) is 24.3 Å². The molecule has 6 nitrogen and oxygen atoms in total. The van der Waals surface area contributed by atoms with Crippen molar-refractivity contribution < 1.29 is 21.6 Å². The third-order valence-electron chi connectivity index (χ3n) is 6.20. The highest BCUT2D eigenvalue weighted by Gasteiger charge is 2.41. The quantitative estimate of drug-likeness (QED) is 0.306. The molecule has 0 unspecified atom stereocenters. The fraction of sp³-hybridized carbons (Fsp3) is 0.107. The van der Waals surface area contributed by atoms with Gasteiger partial charge in [-0.3, -0.25) is 4.79 Å². The van der Waals surface area contributed by atoms with Gasteiger partial charge in [-0.2, -0.15) is 0 Å². The van der Waals surface area contributed by atoms with Gasteiger partial charge in [0.2, 0.25) is 0 Å². The lowest BCUT2D eigenvalue weighted by atomic mass is 9.99. The van der Waals surface area contributed by atoms with Crippen molar-refractivity contribution >= 4 is 37.6 Å². The number of ketones is 1. The number of hydrogen-bond donors (Lipinski definition) is 0. The number of nitrogens with zero attached hydrogens (tertiary/aromatic N) is 1. The summed E-state index contributed by atoms with van der Waals surface area (Å²) in [6, 6.07) is 26.6. The third kappa shape index (κ3) is 4.75. The molecule has 9 heteroatoms. The van der Waals surface area contributed by atoms with Gasteiger partial charge < -0.3 is 0 Å². The number of carbonyl (C=O) groups excluding carboxylic acids is 1. The van der Waals surface area contributed by atoms with Crippen molar-refractivity contribution in [2.75, 3.05) is 0 Å². The fourth-order valence-corrected chi connectivity index (χ4v) is 9.45. The first-order chi connectivity index (χ1) is 17.7. The molecule has 37 heavy (non-hydrogen) atoms. The summed E-state index contributed by atoms with van der Waals surface area (Å²) in [5.41, 5.74) is 1.83. The van der Waals surface area contributed by atoms with E-state index in [1.165, 1.54) is 36.0 Å². The maximum atomic E-state index is 13.8. The van der Waals surface area contributed by atoms with Gasteiger partial charge >= 0.3 is 0 Å². The number of sulfonamides is 2. The van der Waals surface area contributed by atoms with Crippen LogP contribution in [0.25, 0.3) is 0 Å². The highest BCUT2D eigenvalue weighted by atomic mass is 32.3. The Labute approximate surface area is 221 Å². The van der Waals surface area contributed by atoms with Crippen LogP contribution in [0.3, 0.4) is 0 Å². The summed E-state index contributed by atoms with van der Waals surface area (Å²) < 4.78 is 55.8. The van der Waals surface area contributed by atoms with Crippen LogP contribution in [0.2, 0.25) is 0 Å². The van der Waals surface area contributed by atoms with E-state index >= 15 is 0 Å². The Morgan fingerprint density at radius 2 is 1.24 bits per heavy atom. The lowest BCUT2D eigenvalue weighted by Crippen LogP contribution is -2.39. The predicted octanol–water partition coefficient (Wildman–Crippen LogP) is 5.72. The smallest absolute Gasteiger partial charge is 0.256 e. The van der Waals surface area contributed by atoms with Gasteiger partial charge in [-0.15, -0.1) is 0 Å². The van der Waals surface area contributed by atoms with Crippen molar-refractivity contribution in [1.29, 1.82) is 0 Å². The summed E-state index contributed by atoms with van der Waals surface area (Å²) in [4.78, 5) is 14.4. The molecule has 0 amide bonds. The first kappa shape index (κ1) is 25.4. The van der Waals surface area contributed by atoms with E-state index in [2.05, 4.69) is 0 Å². The van der Waals surface area contributed by atoms with Gasteiger partial charge in [0.05, 0.1) is 15.8 Å². The lowest BCUT2D eigenvalue weighted by Gasteiger charge is -2.28. The number of Topliss-reactive ketones (excluding diaryl/α,β-unsaturated/α-hetero) is 1. The van der Waals surface area contributed by atoms with Crippen molar-refractivity contribution in [1.82, 2.24) is 3.71 Å². The van der Waals surface area contributed by atoms with Crippen LogP contribution in [0.15, 0.2) is 123 Å². The zero-order chi connectivity index (χ0) is 26.2. The molecule has 0 bridgehead atoms. The number of hydrogen-bond acceptors (Lipinski definition) is 6. The minimum atomic E-state index is -4.46. The van der Waals surface area contributed by atoms with Crippen LogP contribution in [0.1, 0.15) is 34.5 Å². The molecule has 0 saturated carbocycles. The topological polar surface area (TPSA) is 88.6 Å². The Hall–Kier alpha value is -3.24. The SMILES string of the molecule is C[C@H](c1ccc2c(c1)CC(=O)c1ccccc1S2)N(S(=O)(=O)c1ccccc1)S(=O)(=O)c1ccccc1. The van der Waals surface area contributed by atoms with E-state index in [-0.39, 0.29) is 22.0 Å². The van der Waals surface area contributed by atoms with E-state index in [9.17, 15) is 21.6 Å². The molecule has 0 fully saturated rings. The zero-order valence-corrected chi connectivity index (χ0v) is 22.3. The molecule has 0 aromatic heterocycles. The molecule has 5 rings (SSSR count). The van der Waals surface area contributed by atoms with Crippen LogP contribution < -0.4 is 0 Å². The van der Waals surface area contributed by atoms with Crippen LogP contribution in [-0.2, 0) is 26.5 Å². The van der Waals surface area contributed by atoms with Crippen LogP contribution in [0.5, 0.6) is 0 Å². The molecular weight excluding hydrogens is 527 g/mol. The van der Waals surface area contributed by atoms with E-state index < -0.39 is 26.1 Å². The number of carbonyl (C=O) groups is 1. The van der Waals surface area contributed by atoms with Crippen molar-refractivity contribution in [2.45, 2.75) is 39.0 Å². The first-order valence-electron chi connectivity index (χ1n) is 11.5. The second-order valence-corrected chi connectivity index (χ2v) is 13.5. The van der Waals surface area contributed by atoms with Crippen LogP contribution in [0, 0.1) is 0 Å². The maximum absolute atomic E-state index is 13.8. The zero-order valence-electron chi connectivity index (χ0n) is 19.8. The first-order valence-corrected chi connectivity index (χ1v) is 15.2. The average Bonchev–Trinajstić information content (AvgIpc) is 3.04. The summed E-state index contributed by atoms with van der Waals surface area (Å²) in [7, 11) is -8.93.